The first-order valence-corrected chi connectivity index (χ1v) is 16.2. The summed E-state index contributed by atoms with van der Waals surface area (Å²) in [5.74, 6) is -0.256. The van der Waals surface area contributed by atoms with Gasteiger partial charge in [-0.1, -0.05) is 78.0 Å². The standard InChI is InChI=1S/C31H32O7S2/c1-16-12-19-23(30(16,3)4)14-21-25(18-10-8-7-9-11-18)22-15-24-20(13-17(2)31(24,5)6)29(40(35,36)37)27(22)38-26(21)28(19)39(32,33)34/h7-12,14-17H,13H2,1-6H3,(H,32,33,34)(H,35,36,37). The van der Waals surface area contributed by atoms with Crippen LogP contribution < -0.4 is 15.2 Å². The first-order valence-electron chi connectivity index (χ1n) is 13.3. The molecule has 40 heavy (non-hydrogen) atoms. The average Bonchev–Trinajstić information content (AvgIpc) is 3.20. The summed E-state index contributed by atoms with van der Waals surface area (Å²) in [4.78, 5) is -0.747. The van der Waals surface area contributed by atoms with Gasteiger partial charge in [-0.25, -0.2) is 0 Å². The van der Waals surface area contributed by atoms with Gasteiger partial charge in [-0.2, -0.15) is 16.8 Å². The zero-order valence-electron chi connectivity index (χ0n) is 23.2. The maximum Gasteiger partial charge on any atom is 0.298 e. The molecule has 0 spiro atoms. The SMILES string of the molecule is CC1C=c2c(cc3c(c2S(=O)(=O)O)Oc2c(cc4c(c2S(=O)(=O)O)CC(C)C4(C)C)C=3c2ccccc2)C1(C)C. The first kappa shape index (κ1) is 27.2. The lowest BCUT2D eigenvalue weighted by Gasteiger charge is -2.30. The molecule has 2 atom stereocenters. The van der Waals surface area contributed by atoms with Gasteiger partial charge in [0.2, 0.25) is 0 Å². The number of hydrogen-bond acceptors (Lipinski definition) is 5. The second-order valence-corrected chi connectivity index (χ2v) is 15.2. The molecule has 2 N–H and O–H groups in total. The summed E-state index contributed by atoms with van der Waals surface area (Å²) in [6, 6.07) is 13.1. The van der Waals surface area contributed by atoms with Crippen LogP contribution in [0.3, 0.4) is 0 Å². The molecule has 2 unspecified atom stereocenters. The fraction of sp³-hybridized carbons (Fsp3) is 0.355. The van der Waals surface area contributed by atoms with Crippen molar-refractivity contribution in [1.29, 1.82) is 0 Å². The summed E-state index contributed by atoms with van der Waals surface area (Å²) in [6.07, 6.45) is 2.20. The van der Waals surface area contributed by atoms with Gasteiger partial charge >= 0.3 is 0 Å². The van der Waals surface area contributed by atoms with E-state index >= 15 is 0 Å². The molecule has 3 aromatic carbocycles. The highest BCUT2D eigenvalue weighted by atomic mass is 32.2. The summed E-state index contributed by atoms with van der Waals surface area (Å²) in [6.45, 7) is 12.2. The van der Waals surface area contributed by atoms with Crippen LogP contribution in [-0.4, -0.2) is 25.9 Å². The lowest BCUT2D eigenvalue weighted by atomic mass is 9.77. The van der Waals surface area contributed by atoms with E-state index in [1.54, 1.807) is 6.08 Å². The largest absolute Gasteiger partial charge is 0.453 e. The molecular formula is C31H32O7S2. The van der Waals surface area contributed by atoms with Crippen molar-refractivity contribution in [3.63, 3.8) is 0 Å². The fourth-order valence-corrected chi connectivity index (χ4v) is 8.34. The molecule has 1 aliphatic heterocycles. The van der Waals surface area contributed by atoms with Gasteiger partial charge in [-0.15, -0.1) is 0 Å². The molecule has 0 saturated carbocycles. The van der Waals surface area contributed by atoms with Crippen LogP contribution in [0.2, 0.25) is 0 Å². The Bertz CT molecular complexity index is 1970. The quantitative estimate of drug-likeness (QED) is 0.337. The third kappa shape index (κ3) is 3.67. The molecule has 6 rings (SSSR count). The van der Waals surface area contributed by atoms with E-state index in [1.807, 2.05) is 84.0 Å². The van der Waals surface area contributed by atoms with E-state index in [1.165, 1.54) is 0 Å². The minimum Gasteiger partial charge on any atom is -0.453 e. The molecule has 0 amide bonds. The first-order chi connectivity index (χ1) is 18.5. The molecule has 0 saturated heterocycles. The summed E-state index contributed by atoms with van der Waals surface area (Å²) in [7, 11) is -9.62. The van der Waals surface area contributed by atoms with Crippen molar-refractivity contribution < 1.29 is 30.7 Å². The molecule has 7 nitrogen and oxygen atoms in total. The molecule has 0 radical (unpaired) electrons. The van der Waals surface area contributed by atoms with E-state index in [4.69, 9.17) is 4.74 Å². The number of benzene rings is 3. The Morgan fingerprint density at radius 1 is 0.825 bits per heavy atom. The van der Waals surface area contributed by atoms with Crippen molar-refractivity contribution in [2.45, 2.75) is 68.6 Å². The normalized spacial score (nSPS) is 22.1. The van der Waals surface area contributed by atoms with Crippen molar-refractivity contribution in [3.8, 4) is 11.5 Å². The Kier molecular flexibility index (Phi) is 5.63. The Balaban J connectivity index is 1.90. The molecule has 1 heterocycles. The Hall–Kier alpha value is -2.98. The molecule has 0 aromatic heterocycles. The number of rotatable bonds is 3. The predicted octanol–water partition coefficient (Wildman–Crippen LogP) is 4.71. The van der Waals surface area contributed by atoms with Crippen LogP contribution >= 0.6 is 0 Å². The number of hydrogen-bond donors (Lipinski definition) is 2. The minimum atomic E-state index is -4.82. The van der Waals surface area contributed by atoms with Crippen LogP contribution in [0, 0.1) is 11.8 Å². The molecule has 3 aromatic rings. The lowest BCUT2D eigenvalue weighted by molar-refractivity contribution is 0.379. The molecule has 0 bridgehead atoms. The van der Waals surface area contributed by atoms with E-state index in [0.29, 0.717) is 39.1 Å². The second kappa shape index (κ2) is 8.28. The van der Waals surface area contributed by atoms with Crippen molar-refractivity contribution in [2.75, 3.05) is 0 Å². The molecule has 3 aliphatic rings. The Labute approximate surface area is 234 Å². The number of fused-ring (bicyclic) bond motifs is 4. The topological polar surface area (TPSA) is 118 Å². The van der Waals surface area contributed by atoms with Gasteiger partial charge in [0.1, 0.15) is 9.79 Å². The highest BCUT2D eigenvalue weighted by Crippen LogP contribution is 2.52. The summed E-state index contributed by atoms with van der Waals surface area (Å²) < 4.78 is 79.5. The van der Waals surface area contributed by atoms with Gasteiger partial charge in [-0.05, 0) is 68.7 Å². The van der Waals surface area contributed by atoms with Crippen LogP contribution in [0.4, 0.5) is 0 Å². The van der Waals surface area contributed by atoms with Crippen molar-refractivity contribution in [1.82, 2.24) is 0 Å². The van der Waals surface area contributed by atoms with Crippen LogP contribution in [0.5, 0.6) is 11.5 Å². The summed E-state index contributed by atoms with van der Waals surface area (Å²) >= 11 is 0. The van der Waals surface area contributed by atoms with Crippen LogP contribution in [0.15, 0.2) is 52.3 Å². The third-order valence-electron chi connectivity index (χ3n) is 9.62. The monoisotopic (exact) mass is 580 g/mol. The molecular weight excluding hydrogens is 548 g/mol. The van der Waals surface area contributed by atoms with Gasteiger partial charge in [0.25, 0.3) is 20.2 Å². The lowest BCUT2D eigenvalue weighted by Crippen LogP contribution is -2.32. The number of ether oxygens (including phenoxy) is 1. The second-order valence-electron chi connectivity index (χ2n) is 12.4. The average molecular weight is 581 g/mol. The van der Waals surface area contributed by atoms with Gasteiger partial charge in [0.05, 0.1) is 0 Å². The maximum atomic E-state index is 13.0. The van der Waals surface area contributed by atoms with Crippen molar-refractivity contribution in [3.05, 3.63) is 80.7 Å². The van der Waals surface area contributed by atoms with Crippen molar-refractivity contribution >= 4 is 31.9 Å². The summed E-state index contributed by atoms with van der Waals surface area (Å²) in [5.41, 5.74) is 2.90. The van der Waals surface area contributed by atoms with E-state index in [-0.39, 0.29) is 28.2 Å². The third-order valence-corrected chi connectivity index (χ3v) is 11.5. The zero-order valence-corrected chi connectivity index (χ0v) is 24.9. The predicted molar refractivity (Wildman–Crippen MR) is 152 cm³/mol. The molecule has 210 valence electrons. The fourth-order valence-electron chi connectivity index (χ4n) is 6.61. The molecule has 9 heteroatoms. The Morgan fingerprint density at radius 3 is 2.05 bits per heavy atom. The van der Waals surface area contributed by atoms with E-state index in [9.17, 15) is 25.9 Å². The summed E-state index contributed by atoms with van der Waals surface area (Å²) in [5, 5.41) is 0.782. The van der Waals surface area contributed by atoms with Gasteiger partial charge in [0, 0.05) is 16.4 Å². The molecule has 0 fully saturated rings. The highest BCUT2D eigenvalue weighted by molar-refractivity contribution is 7.86. The maximum absolute atomic E-state index is 13.0. The van der Waals surface area contributed by atoms with E-state index < -0.39 is 36.0 Å². The van der Waals surface area contributed by atoms with E-state index in [0.717, 1.165) is 11.1 Å². The zero-order chi connectivity index (χ0) is 29.2. The molecule has 2 aliphatic carbocycles. The van der Waals surface area contributed by atoms with Gasteiger partial charge in [0.15, 0.2) is 11.5 Å². The van der Waals surface area contributed by atoms with Crippen LogP contribution in [-0.2, 0) is 37.5 Å². The smallest absolute Gasteiger partial charge is 0.298 e. The van der Waals surface area contributed by atoms with Gasteiger partial charge in [-0.3, -0.25) is 9.11 Å². The van der Waals surface area contributed by atoms with Crippen molar-refractivity contribution in [2.24, 2.45) is 11.8 Å². The van der Waals surface area contributed by atoms with Crippen LogP contribution in [0.1, 0.15) is 69.4 Å². The highest BCUT2D eigenvalue weighted by Gasteiger charge is 2.45. The minimum absolute atomic E-state index is 0.0473. The van der Waals surface area contributed by atoms with Crippen LogP contribution in [0.25, 0.3) is 11.6 Å². The van der Waals surface area contributed by atoms with E-state index in [2.05, 4.69) is 0 Å². The Morgan fingerprint density at radius 2 is 1.45 bits per heavy atom. The van der Waals surface area contributed by atoms with Gasteiger partial charge < -0.3 is 4.74 Å².